The number of aromatic amines is 2. The van der Waals surface area contributed by atoms with E-state index in [9.17, 15) is 0 Å². The summed E-state index contributed by atoms with van der Waals surface area (Å²) in [5.41, 5.74) is 2.81. The second-order valence-corrected chi connectivity index (χ2v) is 3.05. The Morgan fingerprint density at radius 3 is 2.86 bits per heavy atom. The third-order valence-corrected chi connectivity index (χ3v) is 2.21. The number of nitrogens with one attached hydrogen (secondary N) is 2. The Kier molecular flexibility index (Phi) is 1.41. The highest BCUT2D eigenvalue weighted by molar-refractivity contribution is 5.89. The van der Waals surface area contributed by atoms with E-state index in [1.807, 2.05) is 30.6 Å². The molecule has 0 amide bonds. The predicted molar refractivity (Wildman–Crippen MR) is 53.7 cm³/mol. The fourth-order valence-corrected chi connectivity index (χ4v) is 1.56. The van der Waals surface area contributed by atoms with E-state index in [0.717, 1.165) is 22.4 Å². The van der Waals surface area contributed by atoms with Crippen molar-refractivity contribution < 1.29 is 0 Å². The molecule has 14 heavy (non-hydrogen) atoms. The molecule has 0 spiro atoms. The Balaban J connectivity index is 2.36. The number of fused-ring (bicyclic) bond motifs is 1. The molecule has 0 aliphatic rings. The van der Waals surface area contributed by atoms with E-state index >= 15 is 0 Å². The van der Waals surface area contributed by atoms with Crippen molar-refractivity contribution in [3.63, 3.8) is 0 Å². The van der Waals surface area contributed by atoms with Gasteiger partial charge < -0.3 is 9.97 Å². The van der Waals surface area contributed by atoms with Gasteiger partial charge in [-0.1, -0.05) is 0 Å². The molecule has 3 rings (SSSR count). The number of hydrogen-bond acceptors (Lipinski definition) is 2. The van der Waals surface area contributed by atoms with Crippen molar-refractivity contribution in [1.82, 2.24) is 19.9 Å². The summed E-state index contributed by atoms with van der Waals surface area (Å²) in [6, 6.07) is 5.93. The van der Waals surface area contributed by atoms with Gasteiger partial charge in [-0.15, -0.1) is 0 Å². The molecule has 0 saturated heterocycles. The van der Waals surface area contributed by atoms with Gasteiger partial charge in [-0.2, -0.15) is 0 Å². The van der Waals surface area contributed by atoms with E-state index < -0.39 is 0 Å². The number of aromatic nitrogens is 4. The SMILES string of the molecule is c1c[nH]c(-c2ncnc3[nH]ccc23)c1. The Labute approximate surface area is 80.0 Å². The van der Waals surface area contributed by atoms with Gasteiger partial charge in [0.15, 0.2) is 0 Å². The zero-order valence-electron chi connectivity index (χ0n) is 7.36. The van der Waals surface area contributed by atoms with E-state index in [1.165, 1.54) is 0 Å². The lowest BCUT2D eigenvalue weighted by Gasteiger charge is -1.97. The fourth-order valence-electron chi connectivity index (χ4n) is 1.56. The highest BCUT2D eigenvalue weighted by atomic mass is 14.9. The number of rotatable bonds is 1. The van der Waals surface area contributed by atoms with Gasteiger partial charge in [-0.05, 0) is 18.2 Å². The summed E-state index contributed by atoms with van der Waals surface area (Å²) in [4.78, 5) is 14.6. The lowest BCUT2D eigenvalue weighted by Crippen LogP contribution is -1.86. The molecular formula is C10H8N4. The van der Waals surface area contributed by atoms with Crippen LogP contribution in [0.5, 0.6) is 0 Å². The Morgan fingerprint density at radius 2 is 2.00 bits per heavy atom. The standard InChI is InChI=1S/C10H8N4/c1-2-8(11-4-1)9-7-3-5-12-10(7)14-6-13-9/h1-6,11H,(H,12,13,14). The lowest BCUT2D eigenvalue weighted by molar-refractivity contribution is 1.19. The van der Waals surface area contributed by atoms with Crippen molar-refractivity contribution in [2.24, 2.45) is 0 Å². The summed E-state index contributed by atoms with van der Waals surface area (Å²) < 4.78 is 0. The summed E-state index contributed by atoms with van der Waals surface area (Å²) in [7, 11) is 0. The van der Waals surface area contributed by atoms with Crippen LogP contribution in [0.4, 0.5) is 0 Å². The molecule has 0 fully saturated rings. The van der Waals surface area contributed by atoms with Gasteiger partial charge >= 0.3 is 0 Å². The first-order chi connectivity index (χ1) is 6.95. The molecule has 0 unspecified atom stereocenters. The molecule has 0 aliphatic heterocycles. The first-order valence-corrected chi connectivity index (χ1v) is 4.37. The van der Waals surface area contributed by atoms with E-state index in [2.05, 4.69) is 19.9 Å². The molecule has 3 heterocycles. The maximum Gasteiger partial charge on any atom is 0.141 e. The molecule has 0 bridgehead atoms. The Morgan fingerprint density at radius 1 is 1.00 bits per heavy atom. The van der Waals surface area contributed by atoms with Gasteiger partial charge in [0.05, 0.1) is 11.4 Å². The van der Waals surface area contributed by atoms with Crippen LogP contribution >= 0.6 is 0 Å². The van der Waals surface area contributed by atoms with E-state index in [0.29, 0.717) is 0 Å². The molecule has 0 aliphatic carbocycles. The van der Waals surface area contributed by atoms with Crippen molar-refractivity contribution in [2.45, 2.75) is 0 Å². The fraction of sp³-hybridized carbons (Fsp3) is 0. The summed E-state index contributed by atoms with van der Waals surface area (Å²) in [6.07, 6.45) is 5.32. The van der Waals surface area contributed by atoms with Crippen LogP contribution in [-0.4, -0.2) is 19.9 Å². The van der Waals surface area contributed by atoms with Crippen LogP contribution in [0.2, 0.25) is 0 Å². The lowest BCUT2D eigenvalue weighted by atomic mass is 10.2. The molecule has 0 radical (unpaired) electrons. The van der Waals surface area contributed by atoms with Crippen molar-refractivity contribution in [1.29, 1.82) is 0 Å². The van der Waals surface area contributed by atoms with Crippen molar-refractivity contribution in [2.75, 3.05) is 0 Å². The number of nitrogens with zero attached hydrogens (tertiary/aromatic N) is 2. The average molecular weight is 184 g/mol. The maximum atomic E-state index is 4.26. The van der Waals surface area contributed by atoms with E-state index in [4.69, 9.17) is 0 Å². The summed E-state index contributed by atoms with van der Waals surface area (Å²) >= 11 is 0. The van der Waals surface area contributed by atoms with Crippen LogP contribution in [0.3, 0.4) is 0 Å². The Bertz CT molecular complexity index is 550. The van der Waals surface area contributed by atoms with Crippen LogP contribution in [0.15, 0.2) is 36.9 Å². The van der Waals surface area contributed by atoms with Crippen LogP contribution in [-0.2, 0) is 0 Å². The third kappa shape index (κ3) is 0.939. The molecule has 2 N–H and O–H groups in total. The molecular weight excluding hydrogens is 176 g/mol. The minimum absolute atomic E-state index is 0.865. The second kappa shape index (κ2) is 2.70. The van der Waals surface area contributed by atoms with Crippen LogP contribution < -0.4 is 0 Å². The van der Waals surface area contributed by atoms with Gasteiger partial charge in [0.1, 0.15) is 12.0 Å². The van der Waals surface area contributed by atoms with Crippen LogP contribution in [0.25, 0.3) is 22.4 Å². The largest absolute Gasteiger partial charge is 0.360 e. The minimum Gasteiger partial charge on any atom is -0.360 e. The smallest absolute Gasteiger partial charge is 0.141 e. The highest BCUT2D eigenvalue weighted by Crippen LogP contribution is 2.22. The van der Waals surface area contributed by atoms with Gasteiger partial charge in [-0.3, -0.25) is 0 Å². The van der Waals surface area contributed by atoms with E-state index in [1.54, 1.807) is 6.33 Å². The van der Waals surface area contributed by atoms with Crippen molar-refractivity contribution in [3.05, 3.63) is 36.9 Å². The monoisotopic (exact) mass is 184 g/mol. The molecule has 0 saturated carbocycles. The van der Waals surface area contributed by atoms with E-state index in [-0.39, 0.29) is 0 Å². The van der Waals surface area contributed by atoms with Crippen LogP contribution in [0, 0.1) is 0 Å². The number of H-pyrrole nitrogens is 2. The van der Waals surface area contributed by atoms with Crippen LogP contribution in [0.1, 0.15) is 0 Å². The predicted octanol–water partition coefficient (Wildman–Crippen LogP) is 1.95. The zero-order valence-corrected chi connectivity index (χ0v) is 7.36. The van der Waals surface area contributed by atoms with Gasteiger partial charge in [0.25, 0.3) is 0 Å². The summed E-state index contributed by atoms with van der Waals surface area (Å²) in [6.45, 7) is 0. The number of hydrogen-bond donors (Lipinski definition) is 2. The molecule has 4 heteroatoms. The first kappa shape index (κ1) is 7.32. The molecule has 0 atom stereocenters. The topological polar surface area (TPSA) is 57.4 Å². The third-order valence-electron chi connectivity index (χ3n) is 2.21. The van der Waals surface area contributed by atoms with Gasteiger partial charge in [-0.25, -0.2) is 9.97 Å². The quantitative estimate of drug-likeness (QED) is 0.607. The van der Waals surface area contributed by atoms with Gasteiger partial charge in [0, 0.05) is 17.8 Å². The molecule has 0 aromatic carbocycles. The zero-order chi connectivity index (χ0) is 9.38. The first-order valence-electron chi connectivity index (χ1n) is 4.37. The highest BCUT2D eigenvalue weighted by Gasteiger charge is 2.06. The molecule has 3 aromatic rings. The maximum absolute atomic E-state index is 4.26. The van der Waals surface area contributed by atoms with Crippen molar-refractivity contribution >= 4 is 11.0 Å². The minimum atomic E-state index is 0.865. The molecule has 3 aromatic heterocycles. The normalized spacial score (nSPS) is 10.9. The Hall–Kier alpha value is -2.10. The van der Waals surface area contributed by atoms with Gasteiger partial charge in [0.2, 0.25) is 0 Å². The summed E-state index contributed by atoms with van der Waals surface area (Å²) in [5, 5.41) is 1.04. The summed E-state index contributed by atoms with van der Waals surface area (Å²) in [5.74, 6) is 0. The van der Waals surface area contributed by atoms with Crippen molar-refractivity contribution in [3.8, 4) is 11.4 Å². The second-order valence-electron chi connectivity index (χ2n) is 3.05. The molecule has 4 nitrogen and oxygen atoms in total. The molecule has 68 valence electrons. The average Bonchev–Trinajstić information content (AvgIpc) is 2.88.